The fourth-order valence-corrected chi connectivity index (χ4v) is 4.95. The zero-order valence-corrected chi connectivity index (χ0v) is 17.2. The van der Waals surface area contributed by atoms with Gasteiger partial charge in [-0.1, -0.05) is 11.6 Å². The van der Waals surface area contributed by atoms with Crippen molar-refractivity contribution in [3.8, 4) is 0 Å². The van der Waals surface area contributed by atoms with E-state index in [2.05, 4.69) is 10.3 Å². The van der Waals surface area contributed by atoms with Gasteiger partial charge in [0, 0.05) is 38.4 Å². The number of carbonyl (C=O) groups is 1. The highest BCUT2D eigenvalue weighted by Crippen LogP contribution is 2.25. The van der Waals surface area contributed by atoms with Crippen LogP contribution in [0.1, 0.15) is 49.4 Å². The van der Waals surface area contributed by atoms with Crippen molar-refractivity contribution >= 4 is 33.3 Å². The van der Waals surface area contributed by atoms with Gasteiger partial charge in [0.1, 0.15) is 5.82 Å². The topological polar surface area (TPSA) is 82.6 Å². The van der Waals surface area contributed by atoms with Crippen LogP contribution in [0.3, 0.4) is 0 Å². The van der Waals surface area contributed by atoms with Crippen molar-refractivity contribution in [2.75, 3.05) is 37.2 Å². The molecule has 7 nitrogen and oxygen atoms in total. The molecule has 0 unspecified atom stereocenters. The minimum Gasteiger partial charge on any atom is -0.366 e. The van der Waals surface area contributed by atoms with Crippen LogP contribution in [0.15, 0.2) is 12.3 Å². The van der Waals surface area contributed by atoms with E-state index in [0.29, 0.717) is 42.3 Å². The molecular weight excluding hydrogens is 388 g/mol. The van der Waals surface area contributed by atoms with E-state index < -0.39 is 10.0 Å². The summed E-state index contributed by atoms with van der Waals surface area (Å²) in [7, 11) is -3.13. The zero-order chi connectivity index (χ0) is 19.4. The predicted octanol–water partition coefficient (Wildman–Crippen LogP) is 2.59. The third kappa shape index (κ3) is 4.92. The summed E-state index contributed by atoms with van der Waals surface area (Å²) >= 11 is 6.35. The molecule has 0 spiro atoms. The Hall–Kier alpha value is -1.38. The molecule has 2 aliphatic rings. The first-order chi connectivity index (χ1) is 12.9. The summed E-state index contributed by atoms with van der Waals surface area (Å²) in [5.74, 6) is 0.655. The number of rotatable bonds is 5. The summed E-state index contributed by atoms with van der Waals surface area (Å²) in [6.07, 6.45) is 6.22. The van der Waals surface area contributed by atoms with Gasteiger partial charge in [-0.3, -0.25) is 4.79 Å². The van der Waals surface area contributed by atoms with E-state index in [1.807, 2.05) is 4.90 Å². The monoisotopic (exact) mass is 414 g/mol. The zero-order valence-electron chi connectivity index (χ0n) is 15.7. The van der Waals surface area contributed by atoms with Crippen LogP contribution in [-0.2, 0) is 10.0 Å². The fourth-order valence-electron chi connectivity index (χ4n) is 3.59. The number of hydrogen-bond acceptors (Lipinski definition) is 5. The lowest BCUT2D eigenvalue weighted by molar-refractivity contribution is 0.0724. The quantitative estimate of drug-likeness (QED) is 0.800. The van der Waals surface area contributed by atoms with Gasteiger partial charge in [-0.15, -0.1) is 0 Å². The van der Waals surface area contributed by atoms with Crippen LogP contribution in [0.5, 0.6) is 0 Å². The van der Waals surface area contributed by atoms with E-state index in [-0.39, 0.29) is 17.7 Å². The number of piperidine rings is 2. The van der Waals surface area contributed by atoms with E-state index >= 15 is 0 Å². The largest absolute Gasteiger partial charge is 0.366 e. The Kier molecular flexibility index (Phi) is 6.60. The van der Waals surface area contributed by atoms with E-state index in [1.165, 1.54) is 6.42 Å². The Morgan fingerprint density at radius 2 is 1.89 bits per heavy atom. The summed E-state index contributed by atoms with van der Waals surface area (Å²) in [4.78, 5) is 18.8. The first-order valence-corrected chi connectivity index (χ1v) is 11.6. The maximum Gasteiger partial charge on any atom is 0.255 e. The normalized spacial score (nSPS) is 19.9. The maximum absolute atomic E-state index is 12.6. The molecule has 0 bridgehead atoms. The van der Waals surface area contributed by atoms with E-state index in [0.717, 1.165) is 25.9 Å². The molecule has 9 heteroatoms. The molecule has 0 aliphatic carbocycles. The Morgan fingerprint density at radius 3 is 2.48 bits per heavy atom. The lowest BCUT2D eigenvalue weighted by atomic mass is 10.1. The Labute approximate surface area is 166 Å². The van der Waals surface area contributed by atoms with Crippen LogP contribution in [0, 0.1) is 0 Å². The van der Waals surface area contributed by atoms with Crippen LogP contribution in [-0.4, -0.2) is 66.5 Å². The average Bonchev–Trinajstić information content (AvgIpc) is 2.70. The van der Waals surface area contributed by atoms with Gasteiger partial charge in [-0.05, 0) is 45.1 Å². The molecule has 150 valence electrons. The van der Waals surface area contributed by atoms with Crippen molar-refractivity contribution < 1.29 is 13.2 Å². The second-order valence-corrected chi connectivity index (χ2v) is 9.79. The molecule has 0 atom stereocenters. The summed E-state index contributed by atoms with van der Waals surface area (Å²) < 4.78 is 25.4. The lowest BCUT2D eigenvalue weighted by Gasteiger charge is -2.31. The van der Waals surface area contributed by atoms with Crippen molar-refractivity contribution in [3.05, 3.63) is 22.8 Å². The van der Waals surface area contributed by atoms with Gasteiger partial charge in [0.25, 0.3) is 5.91 Å². The number of pyridine rings is 1. The molecule has 3 heterocycles. The number of anilines is 1. The first kappa shape index (κ1) is 20.4. The van der Waals surface area contributed by atoms with Crippen molar-refractivity contribution in [3.63, 3.8) is 0 Å². The number of nitrogens with zero attached hydrogens (tertiary/aromatic N) is 3. The second kappa shape index (κ2) is 8.75. The van der Waals surface area contributed by atoms with Crippen LogP contribution in [0.2, 0.25) is 5.02 Å². The van der Waals surface area contributed by atoms with Gasteiger partial charge in [0.15, 0.2) is 0 Å². The number of hydrogen-bond donors (Lipinski definition) is 1. The maximum atomic E-state index is 12.6. The summed E-state index contributed by atoms with van der Waals surface area (Å²) in [5, 5.41) is 3.71. The number of sulfonamides is 1. The molecule has 1 aromatic heterocycles. The van der Waals surface area contributed by atoms with Gasteiger partial charge in [0.2, 0.25) is 10.0 Å². The standard InChI is InChI=1S/C18H27ClN4O3S/c1-2-27(25,26)23-10-6-15(7-11-23)21-17-16(19)12-14(13-20-17)18(24)22-8-4-3-5-9-22/h12-13,15H,2-11H2,1H3,(H,20,21). The second-order valence-electron chi connectivity index (χ2n) is 7.13. The molecule has 0 saturated carbocycles. The van der Waals surface area contributed by atoms with Crippen LogP contribution in [0.25, 0.3) is 0 Å². The van der Waals surface area contributed by atoms with Gasteiger partial charge >= 0.3 is 0 Å². The van der Waals surface area contributed by atoms with E-state index in [1.54, 1.807) is 23.5 Å². The number of nitrogens with one attached hydrogen (secondary N) is 1. The molecule has 0 aromatic carbocycles. The number of carbonyl (C=O) groups excluding carboxylic acids is 1. The van der Waals surface area contributed by atoms with Gasteiger partial charge in [-0.2, -0.15) is 0 Å². The molecule has 2 aliphatic heterocycles. The SMILES string of the molecule is CCS(=O)(=O)N1CCC(Nc2ncc(C(=O)N3CCCCC3)cc2Cl)CC1. The Balaban J connectivity index is 1.59. The summed E-state index contributed by atoms with van der Waals surface area (Å²) in [6, 6.07) is 1.78. The average molecular weight is 415 g/mol. The molecule has 1 N–H and O–H groups in total. The predicted molar refractivity (Wildman–Crippen MR) is 107 cm³/mol. The minimum atomic E-state index is -3.13. The van der Waals surface area contributed by atoms with E-state index in [4.69, 9.17) is 11.6 Å². The van der Waals surface area contributed by atoms with Crippen molar-refractivity contribution in [2.45, 2.75) is 45.1 Å². The van der Waals surface area contributed by atoms with Gasteiger partial charge in [0.05, 0.1) is 16.3 Å². The third-order valence-corrected chi connectivity index (χ3v) is 7.45. The molecular formula is C18H27ClN4O3S. The number of halogens is 1. The van der Waals surface area contributed by atoms with Crippen LogP contribution in [0.4, 0.5) is 5.82 Å². The van der Waals surface area contributed by atoms with Crippen LogP contribution >= 0.6 is 11.6 Å². The summed E-state index contributed by atoms with van der Waals surface area (Å²) in [6.45, 7) is 4.23. The van der Waals surface area contributed by atoms with Crippen molar-refractivity contribution in [2.24, 2.45) is 0 Å². The highest BCUT2D eigenvalue weighted by Gasteiger charge is 2.27. The number of amides is 1. The molecule has 27 heavy (non-hydrogen) atoms. The number of aromatic nitrogens is 1. The van der Waals surface area contributed by atoms with Gasteiger partial charge in [-0.25, -0.2) is 17.7 Å². The lowest BCUT2D eigenvalue weighted by Crippen LogP contribution is -2.43. The summed E-state index contributed by atoms with van der Waals surface area (Å²) in [5.41, 5.74) is 0.510. The Bertz CT molecular complexity index is 773. The molecule has 2 saturated heterocycles. The van der Waals surface area contributed by atoms with Crippen molar-refractivity contribution in [1.29, 1.82) is 0 Å². The third-order valence-electron chi connectivity index (χ3n) is 5.28. The van der Waals surface area contributed by atoms with Crippen LogP contribution < -0.4 is 5.32 Å². The molecule has 0 radical (unpaired) electrons. The Morgan fingerprint density at radius 1 is 1.22 bits per heavy atom. The van der Waals surface area contributed by atoms with Crippen molar-refractivity contribution in [1.82, 2.24) is 14.2 Å². The first-order valence-electron chi connectivity index (χ1n) is 9.60. The fraction of sp³-hybridized carbons (Fsp3) is 0.667. The smallest absolute Gasteiger partial charge is 0.255 e. The van der Waals surface area contributed by atoms with E-state index in [9.17, 15) is 13.2 Å². The molecule has 1 aromatic rings. The highest BCUT2D eigenvalue weighted by atomic mass is 35.5. The number of likely N-dealkylation sites (tertiary alicyclic amines) is 1. The molecule has 3 rings (SSSR count). The highest BCUT2D eigenvalue weighted by molar-refractivity contribution is 7.89. The molecule has 2 fully saturated rings. The minimum absolute atomic E-state index is 0.0197. The molecule has 1 amide bonds. The van der Waals surface area contributed by atoms with Gasteiger partial charge < -0.3 is 10.2 Å².